The largest absolute Gasteiger partial charge is 0.379 e. The number of thioether (sulfide) groups is 1. The van der Waals surface area contributed by atoms with Gasteiger partial charge in [0.05, 0.1) is 25.3 Å². The zero-order chi connectivity index (χ0) is 19.1. The van der Waals surface area contributed by atoms with Crippen LogP contribution in [0.2, 0.25) is 0 Å². The van der Waals surface area contributed by atoms with Crippen molar-refractivity contribution in [3.63, 3.8) is 0 Å². The zero-order valence-corrected chi connectivity index (χ0v) is 17.9. The lowest BCUT2D eigenvalue weighted by Crippen LogP contribution is -2.56. The van der Waals surface area contributed by atoms with Crippen LogP contribution < -0.4 is 5.32 Å². The average Bonchev–Trinajstić information content (AvgIpc) is 3.18. The predicted octanol–water partition coefficient (Wildman–Crippen LogP) is 2.60. The molecule has 2 saturated heterocycles. The van der Waals surface area contributed by atoms with Gasteiger partial charge < -0.3 is 15.0 Å². The van der Waals surface area contributed by atoms with Crippen molar-refractivity contribution >= 4 is 17.7 Å². The van der Waals surface area contributed by atoms with Crippen LogP contribution in [0.4, 0.5) is 0 Å². The summed E-state index contributed by atoms with van der Waals surface area (Å²) in [5.41, 5.74) is 2.81. The Morgan fingerprint density at radius 3 is 2.67 bits per heavy atom. The van der Waals surface area contributed by atoms with E-state index >= 15 is 0 Å². The summed E-state index contributed by atoms with van der Waals surface area (Å²) >= 11 is 2.07. The van der Waals surface area contributed by atoms with Gasteiger partial charge in [-0.1, -0.05) is 29.8 Å². The smallest absolute Gasteiger partial charge is 0.194 e. The quantitative estimate of drug-likeness (QED) is 0.597. The standard InChI is InChI=1S/C21H34N4OS/c1-4-22-20(24(3)15-19-7-5-18(2)6-8-19)23-16-21(9-14-27-17-21)25-10-12-26-13-11-25/h5-8H,4,9-17H2,1-3H3,(H,22,23). The van der Waals surface area contributed by atoms with E-state index in [0.717, 1.165) is 51.9 Å². The fraction of sp³-hybridized carbons (Fsp3) is 0.667. The molecule has 1 aromatic carbocycles. The molecule has 0 aromatic heterocycles. The fourth-order valence-corrected chi connectivity index (χ4v) is 5.31. The van der Waals surface area contributed by atoms with Crippen molar-refractivity contribution < 1.29 is 4.74 Å². The van der Waals surface area contributed by atoms with Gasteiger partial charge in [-0.15, -0.1) is 0 Å². The number of rotatable bonds is 6. The number of hydrogen-bond donors (Lipinski definition) is 1. The number of nitrogens with zero attached hydrogens (tertiary/aromatic N) is 3. The number of benzene rings is 1. The van der Waals surface area contributed by atoms with E-state index in [1.165, 1.54) is 29.1 Å². The first-order valence-electron chi connectivity index (χ1n) is 10.1. The lowest BCUT2D eigenvalue weighted by atomic mass is 9.96. The van der Waals surface area contributed by atoms with Gasteiger partial charge in [0.15, 0.2) is 5.96 Å². The van der Waals surface area contributed by atoms with Crippen LogP contribution in [-0.2, 0) is 11.3 Å². The topological polar surface area (TPSA) is 40.1 Å². The van der Waals surface area contributed by atoms with Crippen LogP contribution in [-0.4, -0.2) is 79.2 Å². The Morgan fingerprint density at radius 2 is 2.04 bits per heavy atom. The number of aryl methyl sites for hydroxylation is 1. The van der Waals surface area contributed by atoms with E-state index in [4.69, 9.17) is 9.73 Å². The second-order valence-electron chi connectivity index (χ2n) is 7.64. The Kier molecular flexibility index (Phi) is 7.44. The molecular formula is C21H34N4OS. The summed E-state index contributed by atoms with van der Waals surface area (Å²) in [7, 11) is 2.13. The zero-order valence-electron chi connectivity index (χ0n) is 17.0. The fourth-order valence-electron chi connectivity index (χ4n) is 3.84. The van der Waals surface area contributed by atoms with Crippen LogP contribution in [0.25, 0.3) is 0 Å². The average molecular weight is 391 g/mol. The molecule has 0 bridgehead atoms. The number of guanidine groups is 1. The van der Waals surface area contributed by atoms with E-state index < -0.39 is 0 Å². The second kappa shape index (κ2) is 9.80. The molecule has 0 saturated carbocycles. The second-order valence-corrected chi connectivity index (χ2v) is 8.74. The van der Waals surface area contributed by atoms with E-state index in [1.807, 2.05) is 0 Å². The Balaban J connectivity index is 1.70. The molecule has 0 radical (unpaired) electrons. The highest BCUT2D eigenvalue weighted by Gasteiger charge is 2.40. The molecule has 2 fully saturated rings. The summed E-state index contributed by atoms with van der Waals surface area (Å²) in [5.74, 6) is 3.42. The molecule has 1 unspecified atom stereocenters. The highest BCUT2D eigenvalue weighted by atomic mass is 32.2. The summed E-state index contributed by atoms with van der Waals surface area (Å²) in [6.45, 7) is 10.6. The van der Waals surface area contributed by atoms with Crippen molar-refractivity contribution in [3.05, 3.63) is 35.4 Å². The van der Waals surface area contributed by atoms with Gasteiger partial charge in [-0.25, -0.2) is 0 Å². The number of nitrogens with one attached hydrogen (secondary N) is 1. The number of hydrogen-bond acceptors (Lipinski definition) is 4. The first-order chi connectivity index (χ1) is 13.1. The van der Waals surface area contributed by atoms with Crippen LogP contribution in [0.15, 0.2) is 29.3 Å². The maximum Gasteiger partial charge on any atom is 0.194 e. The van der Waals surface area contributed by atoms with Gasteiger partial charge in [0, 0.05) is 39.0 Å². The van der Waals surface area contributed by atoms with Crippen LogP contribution in [0.5, 0.6) is 0 Å². The molecule has 1 aromatic rings. The maximum absolute atomic E-state index is 5.58. The van der Waals surface area contributed by atoms with Crippen molar-refractivity contribution in [3.8, 4) is 0 Å². The van der Waals surface area contributed by atoms with Gasteiger partial charge in [-0.2, -0.15) is 11.8 Å². The molecule has 27 heavy (non-hydrogen) atoms. The normalized spacial score (nSPS) is 24.2. The summed E-state index contributed by atoms with van der Waals surface area (Å²) in [4.78, 5) is 9.96. The lowest BCUT2D eigenvalue weighted by Gasteiger charge is -2.42. The molecule has 2 heterocycles. The van der Waals surface area contributed by atoms with Gasteiger partial charge in [-0.3, -0.25) is 9.89 Å². The minimum absolute atomic E-state index is 0.194. The molecule has 150 valence electrons. The molecule has 0 spiro atoms. The van der Waals surface area contributed by atoms with Crippen molar-refractivity contribution in [1.29, 1.82) is 0 Å². The summed E-state index contributed by atoms with van der Waals surface area (Å²) in [5, 5.41) is 3.48. The van der Waals surface area contributed by atoms with Crippen molar-refractivity contribution in [2.75, 3.05) is 57.9 Å². The molecule has 1 atom stereocenters. The highest BCUT2D eigenvalue weighted by molar-refractivity contribution is 7.99. The number of ether oxygens (including phenoxy) is 1. The molecular weight excluding hydrogens is 356 g/mol. The molecule has 3 rings (SSSR count). The summed E-state index contributed by atoms with van der Waals surface area (Å²) in [6.07, 6.45) is 1.22. The summed E-state index contributed by atoms with van der Waals surface area (Å²) in [6, 6.07) is 8.77. The third-order valence-corrected chi connectivity index (χ3v) is 6.76. The van der Waals surface area contributed by atoms with Gasteiger partial charge in [0.2, 0.25) is 0 Å². The summed E-state index contributed by atoms with van der Waals surface area (Å²) < 4.78 is 5.58. The SMILES string of the molecule is CCNC(=NCC1(N2CCOCC2)CCSC1)N(C)Cc1ccc(C)cc1. The molecule has 6 heteroatoms. The van der Waals surface area contributed by atoms with Crippen molar-refractivity contribution in [2.45, 2.75) is 32.4 Å². The van der Waals surface area contributed by atoms with Crippen LogP contribution in [0.3, 0.4) is 0 Å². The monoisotopic (exact) mass is 390 g/mol. The molecule has 5 nitrogen and oxygen atoms in total. The Morgan fingerprint density at radius 1 is 1.30 bits per heavy atom. The van der Waals surface area contributed by atoms with Crippen LogP contribution in [0, 0.1) is 6.92 Å². The van der Waals surface area contributed by atoms with Crippen LogP contribution in [0.1, 0.15) is 24.5 Å². The molecule has 1 N–H and O–H groups in total. The minimum atomic E-state index is 0.194. The van der Waals surface area contributed by atoms with E-state index in [9.17, 15) is 0 Å². The third-order valence-electron chi connectivity index (χ3n) is 5.52. The molecule has 2 aliphatic heterocycles. The van der Waals surface area contributed by atoms with E-state index in [-0.39, 0.29) is 5.54 Å². The van der Waals surface area contributed by atoms with E-state index in [1.54, 1.807) is 0 Å². The van der Waals surface area contributed by atoms with Gasteiger partial charge >= 0.3 is 0 Å². The molecule has 0 amide bonds. The maximum atomic E-state index is 5.58. The van der Waals surface area contributed by atoms with Gasteiger partial charge in [0.1, 0.15) is 0 Å². The Bertz CT molecular complexity index is 607. The number of aliphatic imine (C=N–C) groups is 1. The van der Waals surface area contributed by atoms with Gasteiger partial charge in [-0.05, 0) is 31.6 Å². The van der Waals surface area contributed by atoms with Gasteiger partial charge in [0.25, 0.3) is 0 Å². The third kappa shape index (κ3) is 5.39. The number of morpholine rings is 1. The highest BCUT2D eigenvalue weighted by Crippen LogP contribution is 2.34. The van der Waals surface area contributed by atoms with Crippen LogP contribution >= 0.6 is 11.8 Å². The first kappa shape index (κ1) is 20.5. The predicted molar refractivity (Wildman–Crippen MR) is 116 cm³/mol. The first-order valence-corrected chi connectivity index (χ1v) is 11.2. The molecule has 2 aliphatic rings. The lowest BCUT2D eigenvalue weighted by molar-refractivity contribution is -0.0105. The van der Waals surface area contributed by atoms with E-state index in [0.29, 0.717) is 0 Å². The Hall–Kier alpha value is -1.24. The minimum Gasteiger partial charge on any atom is -0.379 e. The van der Waals surface area contributed by atoms with E-state index in [2.05, 4.69) is 72.0 Å². The van der Waals surface area contributed by atoms with Crippen molar-refractivity contribution in [1.82, 2.24) is 15.1 Å². The molecule has 0 aliphatic carbocycles. The Labute approximate surface area is 168 Å². The van der Waals surface area contributed by atoms with Crippen molar-refractivity contribution in [2.24, 2.45) is 4.99 Å².